The Bertz CT molecular complexity index is 684. The SMILES string of the molecule is CC(C)n1cnc(S(=O)(=O)N2CCC(C(=O)N3CCCC3)CC2)c1. The topological polar surface area (TPSA) is 75.5 Å². The summed E-state index contributed by atoms with van der Waals surface area (Å²) in [4.78, 5) is 18.4. The van der Waals surface area contributed by atoms with Gasteiger partial charge in [-0.05, 0) is 39.5 Å². The van der Waals surface area contributed by atoms with E-state index in [0.717, 1.165) is 25.9 Å². The number of rotatable bonds is 4. The van der Waals surface area contributed by atoms with Crippen LogP contribution in [0.1, 0.15) is 45.6 Å². The summed E-state index contributed by atoms with van der Waals surface area (Å²) < 4.78 is 28.7. The molecule has 2 fully saturated rings. The number of imidazole rings is 1. The van der Waals surface area contributed by atoms with Crippen molar-refractivity contribution in [2.75, 3.05) is 26.2 Å². The third kappa shape index (κ3) is 3.35. The third-order valence-electron chi connectivity index (χ3n) is 5.00. The molecule has 0 aliphatic carbocycles. The van der Waals surface area contributed by atoms with Gasteiger partial charge in [-0.15, -0.1) is 0 Å². The number of aromatic nitrogens is 2. The molecule has 1 amide bonds. The quantitative estimate of drug-likeness (QED) is 0.821. The highest BCUT2D eigenvalue weighted by atomic mass is 32.2. The molecule has 8 heteroatoms. The molecule has 2 aliphatic heterocycles. The fourth-order valence-corrected chi connectivity index (χ4v) is 4.80. The van der Waals surface area contributed by atoms with Crippen LogP contribution in [0.3, 0.4) is 0 Å². The molecule has 0 aromatic carbocycles. The second-order valence-corrected chi connectivity index (χ2v) is 8.85. The van der Waals surface area contributed by atoms with Gasteiger partial charge in [0.15, 0.2) is 5.03 Å². The van der Waals surface area contributed by atoms with Crippen molar-refractivity contribution in [3.63, 3.8) is 0 Å². The van der Waals surface area contributed by atoms with Crippen LogP contribution in [0.25, 0.3) is 0 Å². The minimum absolute atomic E-state index is 0.0391. The number of amides is 1. The van der Waals surface area contributed by atoms with Gasteiger partial charge in [-0.3, -0.25) is 4.79 Å². The fraction of sp³-hybridized carbons (Fsp3) is 0.750. The Morgan fingerprint density at radius 3 is 2.33 bits per heavy atom. The molecule has 1 aromatic rings. The average Bonchev–Trinajstić information content (AvgIpc) is 3.26. The van der Waals surface area contributed by atoms with Gasteiger partial charge < -0.3 is 9.47 Å². The lowest BCUT2D eigenvalue weighted by atomic mass is 9.97. The molecule has 7 nitrogen and oxygen atoms in total. The smallest absolute Gasteiger partial charge is 0.262 e. The van der Waals surface area contributed by atoms with E-state index < -0.39 is 10.0 Å². The van der Waals surface area contributed by atoms with Gasteiger partial charge in [0.2, 0.25) is 5.91 Å². The Kier molecular flexibility index (Phi) is 4.96. The largest absolute Gasteiger partial charge is 0.342 e. The highest BCUT2D eigenvalue weighted by Gasteiger charge is 2.35. The highest BCUT2D eigenvalue weighted by Crippen LogP contribution is 2.26. The summed E-state index contributed by atoms with van der Waals surface area (Å²) in [6.07, 6.45) is 6.50. The van der Waals surface area contributed by atoms with Crippen molar-refractivity contribution < 1.29 is 13.2 Å². The Morgan fingerprint density at radius 1 is 1.17 bits per heavy atom. The average molecular weight is 354 g/mol. The van der Waals surface area contributed by atoms with Gasteiger partial charge in [0.25, 0.3) is 10.0 Å². The normalized spacial score (nSPS) is 20.9. The highest BCUT2D eigenvalue weighted by molar-refractivity contribution is 7.89. The molecule has 2 aliphatic rings. The molecular formula is C16H26N4O3S. The zero-order chi connectivity index (χ0) is 17.3. The van der Waals surface area contributed by atoms with E-state index in [1.165, 1.54) is 4.31 Å². The van der Waals surface area contributed by atoms with Crippen LogP contribution >= 0.6 is 0 Å². The molecule has 2 saturated heterocycles. The van der Waals surface area contributed by atoms with Crippen LogP contribution in [0, 0.1) is 5.92 Å². The zero-order valence-electron chi connectivity index (χ0n) is 14.4. The van der Waals surface area contributed by atoms with Crippen LogP contribution in [0.2, 0.25) is 0 Å². The van der Waals surface area contributed by atoms with Crippen molar-refractivity contribution in [3.8, 4) is 0 Å². The van der Waals surface area contributed by atoms with Crippen molar-refractivity contribution in [1.29, 1.82) is 0 Å². The van der Waals surface area contributed by atoms with Crippen LogP contribution in [0.15, 0.2) is 17.6 Å². The van der Waals surface area contributed by atoms with Crippen LogP contribution in [0.4, 0.5) is 0 Å². The Balaban J connectivity index is 1.63. The lowest BCUT2D eigenvalue weighted by Gasteiger charge is -2.32. The van der Waals surface area contributed by atoms with E-state index >= 15 is 0 Å². The summed E-state index contributed by atoms with van der Waals surface area (Å²) in [6, 6.07) is 0.172. The molecule has 134 valence electrons. The molecule has 0 bridgehead atoms. The van der Waals surface area contributed by atoms with Crippen molar-refractivity contribution >= 4 is 15.9 Å². The number of hydrogen-bond acceptors (Lipinski definition) is 4. The first kappa shape index (κ1) is 17.4. The molecule has 0 saturated carbocycles. The molecule has 0 unspecified atom stereocenters. The van der Waals surface area contributed by atoms with Crippen molar-refractivity contribution in [2.24, 2.45) is 5.92 Å². The third-order valence-corrected chi connectivity index (χ3v) is 6.78. The predicted molar refractivity (Wildman–Crippen MR) is 89.9 cm³/mol. The minimum Gasteiger partial charge on any atom is -0.342 e. The molecule has 3 heterocycles. The summed E-state index contributed by atoms with van der Waals surface area (Å²) in [5.74, 6) is 0.163. The number of carbonyl (C=O) groups is 1. The second kappa shape index (κ2) is 6.84. The summed E-state index contributed by atoms with van der Waals surface area (Å²) >= 11 is 0. The van der Waals surface area contributed by atoms with Crippen molar-refractivity contribution in [2.45, 2.75) is 50.6 Å². The van der Waals surface area contributed by atoms with Gasteiger partial charge in [0, 0.05) is 44.3 Å². The number of sulfonamides is 1. The number of piperidine rings is 1. The Morgan fingerprint density at radius 2 is 1.79 bits per heavy atom. The maximum atomic E-state index is 12.7. The fourth-order valence-electron chi connectivity index (χ4n) is 3.40. The Hall–Kier alpha value is -1.41. The van der Waals surface area contributed by atoms with Crippen molar-refractivity contribution in [1.82, 2.24) is 18.8 Å². The van der Waals surface area contributed by atoms with Gasteiger partial charge in [-0.2, -0.15) is 4.31 Å². The number of likely N-dealkylation sites (tertiary alicyclic amines) is 1. The maximum absolute atomic E-state index is 12.7. The monoisotopic (exact) mass is 354 g/mol. The standard InChI is InChI=1S/C16H26N4O3S/c1-13(2)19-11-15(17-12-19)24(22,23)20-9-5-14(6-10-20)16(21)18-7-3-4-8-18/h11-14H,3-10H2,1-2H3. The first-order valence-corrected chi connectivity index (χ1v) is 10.2. The Labute approximate surface area is 143 Å². The summed E-state index contributed by atoms with van der Waals surface area (Å²) in [5.41, 5.74) is 0. The van der Waals surface area contributed by atoms with Gasteiger partial charge in [0.05, 0.1) is 6.33 Å². The van der Waals surface area contributed by atoms with Crippen LogP contribution < -0.4 is 0 Å². The van der Waals surface area contributed by atoms with Crippen molar-refractivity contribution in [3.05, 3.63) is 12.5 Å². The van der Waals surface area contributed by atoms with E-state index in [-0.39, 0.29) is 22.9 Å². The molecule has 0 radical (unpaired) electrons. The van der Waals surface area contributed by atoms with E-state index in [4.69, 9.17) is 0 Å². The zero-order valence-corrected chi connectivity index (χ0v) is 15.2. The van der Waals surface area contributed by atoms with Crippen LogP contribution in [-0.4, -0.2) is 59.3 Å². The second-order valence-electron chi connectivity index (χ2n) is 6.96. The first-order valence-electron chi connectivity index (χ1n) is 8.72. The van der Waals surface area contributed by atoms with E-state index in [0.29, 0.717) is 25.9 Å². The molecule has 3 rings (SSSR count). The molecule has 24 heavy (non-hydrogen) atoms. The van der Waals surface area contributed by atoms with Gasteiger partial charge in [0.1, 0.15) is 0 Å². The molecule has 0 N–H and O–H groups in total. The first-order chi connectivity index (χ1) is 11.4. The summed E-state index contributed by atoms with van der Waals surface area (Å²) in [7, 11) is -3.57. The minimum atomic E-state index is -3.57. The van der Waals surface area contributed by atoms with Crippen LogP contribution in [-0.2, 0) is 14.8 Å². The predicted octanol–water partition coefficient (Wildman–Crippen LogP) is 1.49. The van der Waals surface area contributed by atoms with Gasteiger partial charge in [-0.1, -0.05) is 0 Å². The molecule has 0 spiro atoms. The van der Waals surface area contributed by atoms with Crippen LogP contribution in [0.5, 0.6) is 0 Å². The van der Waals surface area contributed by atoms with E-state index in [9.17, 15) is 13.2 Å². The number of hydrogen-bond donors (Lipinski definition) is 0. The van der Waals surface area contributed by atoms with Gasteiger partial charge >= 0.3 is 0 Å². The molecular weight excluding hydrogens is 328 g/mol. The number of nitrogens with zero attached hydrogens (tertiary/aromatic N) is 4. The van der Waals surface area contributed by atoms with E-state index in [1.807, 2.05) is 18.7 Å². The van der Waals surface area contributed by atoms with Gasteiger partial charge in [-0.25, -0.2) is 13.4 Å². The maximum Gasteiger partial charge on any atom is 0.262 e. The van der Waals surface area contributed by atoms with E-state index in [1.54, 1.807) is 17.1 Å². The summed E-state index contributed by atoms with van der Waals surface area (Å²) in [6.45, 7) is 6.44. The summed E-state index contributed by atoms with van der Waals surface area (Å²) in [5, 5.41) is 0.0977. The lowest BCUT2D eigenvalue weighted by Crippen LogP contribution is -2.43. The lowest BCUT2D eigenvalue weighted by molar-refractivity contribution is -0.135. The van der Waals surface area contributed by atoms with E-state index in [2.05, 4.69) is 4.98 Å². The number of carbonyl (C=O) groups excluding carboxylic acids is 1. The molecule has 0 atom stereocenters. The molecule has 1 aromatic heterocycles.